The summed E-state index contributed by atoms with van der Waals surface area (Å²) in [4.78, 5) is 0. The predicted octanol–water partition coefficient (Wildman–Crippen LogP) is 12.9. The van der Waals surface area contributed by atoms with E-state index in [0.717, 1.165) is 101 Å². The average molecular weight is 796 g/mol. The fourth-order valence-corrected chi connectivity index (χ4v) is 7.22. The number of aryl methyl sites for hydroxylation is 4. The molecule has 5 heteroatoms. The van der Waals surface area contributed by atoms with Crippen molar-refractivity contribution in [1.29, 1.82) is 0 Å². The van der Waals surface area contributed by atoms with Crippen molar-refractivity contribution in [1.82, 2.24) is 0 Å². The number of rotatable bonds is 20. The monoisotopic (exact) mass is 794 g/mol. The topological polar surface area (TPSA) is 65.8 Å². The summed E-state index contributed by atoms with van der Waals surface area (Å²) in [5.74, 6) is 0. The van der Waals surface area contributed by atoms with E-state index in [-0.39, 0.29) is 20.4 Å². The van der Waals surface area contributed by atoms with Gasteiger partial charge in [-0.05, 0) is 135 Å². The summed E-state index contributed by atoms with van der Waals surface area (Å²) in [5.41, 5.74) is 28.2. The molecule has 4 nitrogen and oxygen atoms in total. The van der Waals surface area contributed by atoms with Crippen LogP contribution in [0.4, 0.5) is 0 Å². The summed E-state index contributed by atoms with van der Waals surface area (Å²) in [6, 6.07) is 9.54. The maximum atomic E-state index is 12.2. The summed E-state index contributed by atoms with van der Waals surface area (Å²) in [5, 5.41) is 16.1. The maximum absolute atomic E-state index is 12.2. The molecule has 0 saturated heterocycles. The summed E-state index contributed by atoms with van der Waals surface area (Å²) in [6.45, 7) is 23.0. The van der Waals surface area contributed by atoms with Crippen LogP contribution in [0.1, 0.15) is 191 Å². The van der Waals surface area contributed by atoms with Crippen LogP contribution in [0.15, 0.2) is 35.4 Å². The maximum Gasteiger partial charge on any atom is 0.211 e. The van der Waals surface area contributed by atoms with Gasteiger partial charge < -0.3 is 15.7 Å². The minimum absolute atomic E-state index is 0. The first-order chi connectivity index (χ1) is 24.3. The van der Waals surface area contributed by atoms with Crippen molar-refractivity contribution in [2.24, 2.45) is 0 Å². The Morgan fingerprint density at radius 1 is 0.451 bits per heavy atom. The molecule has 0 aliphatic carbocycles. The second-order valence-electron chi connectivity index (χ2n) is 13.7. The van der Waals surface area contributed by atoms with Gasteiger partial charge in [0.05, 0.1) is 0 Å². The van der Waals surface area contributed by atoms with Crippen molar-refractivity contribution in [3.05, 3.63) is 85.5 Å². The van der Waals surface area contributed by atoms with Gasteiger partial charge in [-0.25, -0.2) is 4.70 Å². The molecular weight excluding hydrogens is 719 g/mol. The molecule has 0 unspecified atom stereocenters. The number of unbranched alkanes of at least 4 members (excludes halogenated alkanes) is 6. The Morgan fingerprint density at radius 2 is 0.784 bits per heavy atom. The predicted molar refractivity (Wildman–Crippen MR) is 219 cm³/mol. The van der Waals surface area contributed by atoms with E-state index in [1.165, 1.54) is 81.3 Å². The van der Waals surface area contributed by atoms with Crippen molar-refractivity contribution >= 4 is 11.4 Å². The van der Waals surface area contributed by atoms with Crippen molar-refractivity contribution in [2.75, 3.05) is 13.2 Å². The number of nitrogens with zero attached hydrogens (tertiary/aromatic N) is 2. The minimum atomic E-state index is 0. The molecule has 0 bridgehead atoms. The van der Waals surface area contributed by atoms with Crippen LogP contribution in [-0.4, -0.2) is 28.1 Å². The quantitative estimate of drug-likeness (QED) is 0.0796. The molecule has 0 atom stereocenters. The zero-order valence-electron chi connectivity index (χ0n) is 34.6. The summed E-state index contributed by atoms with van der Waals surface area (Å²) in [7, 11) is 0. The average Bonchev–Trinajstić information content (AvgIpc) is 3.42. The van der Waals surface area contributed by atoms with Crippen LogP contribution in [0.5, 0.6) is 0 Å². The molecule has 1 heterocycles. The van der Waals surface area contributed by atoms with E-state index in [1.54, 1.807) is 4.70 Å². The molecular formula is C46H76N2O2Pd. The number of benzene rings is 2. The van der Waals surface area contributed by atoms with Gasteiger partial charge in [-0.15, -0.1) is 0 Å². The number of aliphatic hydroxyl groups is 2. The van der Waals surface area contributed by atoms with Crippen LogP contribution in [-0.2, 0) is 58.9 Å². The zero-order valence-corrected chi connectivity index (χ0v) is 36.1. The molecule has 292 valence electrons. The van der Waals surface area contributed by atoms with Crippen LogP contribution in [0.25, 0.3) is 16.9 Å². The second kappa shape index (κ2) is 28.6. The van der Waals surface area contributed by atoms with Gasteiger partial charge in [-0.1, -0.05) is 108 Å². The number of hydrogen-bond acceptors (Lipinski definition) is 2. The van der Waals surface area contributed by atoms with E-state index in [1.807, 2.05) is 0 Å². The van der Waals surface area contributed by atoms with Crippen molar-refractivity contribution in [3.63, 3.8) is 0 Å². The van der Waals surface area contributed by atoms with Crippen LogP contribution in [0, 0.1) is 0 Å². The van der Waals surface area contributed by atoms with Crippen LogP contribution >= 0.6 is 0 Å². The van der Waals surface area contributed by atoms with Crippen LogP contribution in [0.3, 0.4) is 0 Å². The van der Waals surface area contributed by atoms with E-state index >= 15 is 0 Å². The van der Waals surface area contributed by atoms with E-state index in [9.17, 15) is 5.53 Å². The van der Waals surface area contributed by atoms with Gasteiger partial charge in [0.1, 0.15) is 0 Å². The smallest absolute Gasteiger partial charge is 0.211 e. The van der Waals surface area contributed by atoms with Gasteiger partial charge in [0, 0.05) is 55.9 Å². The first kappa shape index (κ1) is 49.1. The largest absolute Gasteiger partial charge is 0.493 e. The van der Waals surface area contributed by atoms with Crippen LogP contribution in [0.2, 0.25) is 0 Å². The molecule has 2 N–H and O–H groups in total. The summed E-state index contributed by atoms with van der Waals surface area (Å²) in [6.07, 6.45) is 19.6. The Hall–Kier alpha value is -1.90. The van der Waals surface area contributed by atoms with Gasteiger partial charge in [-0.2, -0.15) is 0 Å². The molecule has 0 amide bonds. The molecule has 2 aromatic rings. The van der Waals surface area contributed by atoms with Gasteiger partial charge in [0.15, 0.2) is 0 Å². The standard InChI is InChI=1S/C38H56N2.2C4H10O.Pd/c1-9-17-19-20-22-36-35(21-18-10-2)37(31-23-27(11-3)33(15-7)28(12-4)24-31)40(39)38(36)32-25-29(13-5)34(16-8)30(14-6)26-32;2*1-2-3-4-5;/h23-26H,9-22H2,1-8H3;2*5H,2-4H2,1H3;. The normalized spacial score (nSPS) is 12.4. The van der Waals surface area contributed by atoms with Crippen molar-refractivity contribution in [2.45, 2.75) is 185 Å². The van der Waals surface area contributed by atoms with Gasteiger partial charge in [0.2, 0.25) is 11.4 Å². The van der Waals surface area contributed by atoms with Gasteiger partial charge >= 0.3 is 0 Å². The molecule has 51 heavy (non-hydrogen) atoms. The molecule has 0 fully saturated rings. The minimum Gasteiger partial charge on any atom is -0.493 e. The summed E-state index contributed by atoms with van der Waals surface area (Å²) >= 11 is 0. The second-order valence-corrected chi connectivity index (χ2v) is 13.7. The Kier molecular flexibility index (Phi) is 27.5. The van der Waals surface area contributed by atoms with Crippen molar-refractivity contribution < 1.29 is 35.3 Å². The molecule has 1 aliphatic heterocycles. The number of aliphatic hydroxyl groups excluding tert-OH is 2. The molecule has 3 rings (SSSR count). The third-order valence-corrected chi connectivity index (χ3v) is 10.1. The van der Waals surface area contributed by atoms with Gasteiger partial charge in [-0.3, -0.25) is 0 Å². The van der Waals surface area contributed by atoms with E-state index in [0.29, 0.717) is 13.2 Å². The molecule has 0 aromatic heterocycles. The molecule has 2 aromatic carbocycles. The third-order valence-electron chi connectivity index (χ3n) is 10.1. The molecule has 1 aliphatic rings. The third kappa shape index (κ3) is 14.5. The Labute approximate surface area is 328 Å². The van der Waals surface area contributed by atoms with Crippen molar-refractivity contribution in [3.8, 4) is 0 Å². The zero-order chi connectivity index (χ0) is 37.5. The first-order valence-corrected chi connectivity index (χ1v) is 20.7. The summed E-state index contributed by atoms with van der Waals surface area (Å²) < 4.78 is 1.61. The Balaban J connectivity index is 0.00000200. The molecule has 0 saturated carbocycles. The SMILES string of the molecule is CCCCCCC1=C(c2cc(CC)c(CC)c(CC)c2)[N+](=[N-])C(c2cc(CC)c(CC)c(CC)c2)=C1CCCC.CCCCO.CCCCO.[Pd]. The van der Waals surface area contributed by atoms with Crippen LogP contribution < -0.4 is 0 Å². The number of hydrogen-bond donors (Lipinski definition) is 2. The van der Waals surface area contributed by atoms with E-state index in [4.69, 9.17) is 10.2 Å². The van der Waals surface area contributed by atoms with Gasteiger partial charge in [0.25, 0.3) is 0 Å². The Morgan fingerprint density at radius 3 is 1.04 bits per heavy atom. The molecule has 0 spiro atoms. The Bertz CT molecular complexity index is 1300. The van der Waals surface area contributed by atoms with E-state index < -0.39 is 0 Å². The number of allylic oxidation sites excluding steroid dienone is 2. The first-order valence-electron chi connectivity index (χ1n) is 20.7. The van der Waals surface area contributed by atoms with E-state index in [2.05, 4.69) is 93.5 Å². The fourth-order valence-electron chi connectivity index (χ4n) is 7.22. The molecule has 0 radical (unpaired) electrons. The fraction of sp³-hybridized carbons (Fsp3) is 0.652.